The zero-order valence-electron chi connectivity index (χ0n) is 10.1. The molecule has 1 rings (SSSR count). The van der Waals surface area contributed by atoms with Gasteiger partial charge in [0.1, 0.15) is 0 Å². The summed E-state index contributed by atoms with van der Waals surface area (Å²) >= 11 is 6.01. The third-order valence-corrected chi connectivity index (χ3v) is 4.62. The van der Waals surface area contributed by atoms with Gasteiger partial charge in [0.05, 0.1) is 11.5 Å². The third kappa shape index (κ3) is 4.66. The molecule has 0 saturated heterocycles. The monoisotopic (exact) mass is 275 g/mol. The van der Waals surface area contributed by atoms with E-state index < -0.39 is 9.84 Å². The Kier molecular flexibility index (Phi) is 4.98. The lowest BCUT2D eigenvalue weighted by Gasteiger charge is -2.10. The summed E-state index contributed by atoms with van der Waals surface area (Å²) in [7, 11) is -3.19. The molecule has 0 heterocycles. The van der Waals surface area contributed by atoms with Crippen LogP contribution in [-0.2, 0) is 15.6 Å². The summed E-state index contributed by atoms with van der Waals surface area (Å²) in [4.78, 5) is 0. The predicted molar refractivity (Wildman–Crippen MR) is 71.9 cm³/mol. The molecule has 17 heavy (non-hydrogen) atoms. The summed E-state index contributed by atoms with van der Waals surface area (Å²) in [6.45, 7) is 3.79. The van der Waals surface area contributed by atoms with Gasteiger partial charge in [-0.1, -0.05) is 30.7 Å². The fourth-order valence-electron chi connectivity index (χ4n) is 1.51. The van der Waals surface area contributed by atoms with Crippen molar-refractivity contribution in [2.75, 3.05) is 5.75 Å². The lowest BCUT2D eigenvalue weighted by molar-refractivity contribution is 0.583. The highest BCUT2D eigenvalue weighted by Gasteiger charge is 2.17. The maximum absolute atomic E-state index is 11.9. The van der Waals surface area contributed by atoms with Crippen LogP contribution >= 0.6 is 11.6 Å². The van der Waals surface area contributed by atoms with E-state index in [4.69, 9.17) is 17.3 Å². The van der Waals surface area contributed by atoms with Gasteiger partial charge in [0.25, 0.3) is 0 Å². The average Bonchev–Trinajstić information content (AvgIpc) is 2.21. The topological polar surface area (TPSA) is 60.2 Å². The lowest BCUT2D eigenvalue weighted by Crippen LogP contribution is -2.29. The molecule has 0 fully saturated rings. The van der Waals surface area contributed by atoms with E-state index in [9.17, 15) is 8.42 Å². The fraction of sp³-hybridized carbons (Fsp3) is 0.500. The van der Waals surface area contributed by atoms with Crippen LogP contribution in [0.3, 0.4) is 0 Å². The van der Waals surface area contributed by atoms with Crippen LogP contribution < -0.4 is 5.73 Å². The molecule has 0 spiro atoms. The minimum absolute atomic E-state index is 0.00764. The lowest BCUT2D eigenvalue weighted by atomic mass is 10.2. The summed E-state index contributed by atoms with van der Waals surface area (Å²) < 4.78 is 23.7. The Morgan fingerprint density at radius 3 is 2.59 bits per heavy atom. The SMILES string of the molecule is CCC(N)CS(=O)(=O)Cc1ccc(C)cc1Cl. The van der Waals surface area contributed by atoms with Gasteiger partial charge in [-0.25, -0.2) is 8.42 Å². The van der Waals surface area contributed by atoms with Crippen LogP contribution in [0.1, 0.15) is 24.5 Å². The number of rotatable bonds is 5. The van der Waals surface area contributed by atoms with Crippen molar-refractivity contribution in [2.24, 2.45) is 5.73 Å². The predicted octanol–water partition coefficient (Wildman–Crippen LogP) is 2.30. The molecule has 0 saturated carbocycles. The van der Waals surface area contributed by atoms with Crippen LogP contribution in [-0.4, -0.2) is 20.2 Å². The number of sulfone groups is 1. The smallest absolute Gasteiger partial charge is 0.156 e. The molecular formula is C12H18ClNO2S. The van der Waals surface area contributed by atoms with Gasteiger partial charge in [-0.3, -0.25) is 0 Å². The van der Waals surface area contributed by atoms with E-state index in [1.54, 1.807) is 12.1 Å². The highest BCUT2D eigenvalue weighted by atomic mass is 35.5. The van der Waals surface area contributed by atoms with E-state index >= 15 is 0 Å². The van der Waals surface area contributed by atoms with E-state index in [1.165, 1.54) is 0 Å². The second-order valence-corrected chi connectivity index (χ2v) is 6.83. The summed E-state index contributed by atoms with van der Waals surface area (Å²) in [6.07, 6.45) is 0.654. The zero-order chi connectivity index (χ0) is 13.1. The molecule has 1 aromatic rings. The molecule has 0 aliphatic rings. The van der Waals surface area contributed by atoms with E-state index in [0.29, 0.717) is 17.0 Å². The van der Waals surface area contributed by atoms with Crippen molar-refractivity contribution in [1.29, 1.82) is 0 Å². The number of hydrogen-bond acceptors (Lipinski definition) is 3. The molecule has 96 valence electrons. The number of hydrogen-bond donors (Lipinski definition) is 1. The molecule has 0 bridgehead atoms. The van der Waals surface area contributed by atoms with Gasteiger partial charge in [-0.15, -0.1) is 0 Å². The van der Waals surface area contributed by atoms with Crippen LogP contribution in [0.15, 0.2) is 18.2 Å². The molecular weight excluding hydrogens is 258 g/mol. The molecule has 5 heteroatoms. The van der Waals surface area contributed by atoms with E-state index in [0.717, 1.165) is 5.56 Å². The Hall–Kier alpha value is -0.580. The fourth-order valence-corrected chi connectivity index (χ4v) is 3.62. The maximum Gasteiger partial charge on any atom is 0.156 e. The number of benzene rings is 1. The van der Waals surface area contributed by atoms with Crippen LogP contribution in [0.4, 0.5) is 0 Å². The summed E-state index contributed by atoms with van der Waals surface area (Å²) in [6, 6.07) is 5.08. The largest absolute Gasteiger partial charge is 0.327 e. The van der Waals surface area contributed by atoms with Crippen LogP contribution in [0.25, 0.3) is 0 Å². The van der Waals surface area contributed by atoms with Crippen molar-refractivity contribution in [1.82, 2.24) is 0 Å². The van der Waals surface area contributed by atoms with Crippen LogP contribution in [0, 0.1) is 6.92 Å². The van der Waals surface area contributed by atoms with Gasteiger partial charge in [0.15, 0.2) is 9.84 Å². The standard InChI is InChI=1S/C12H18ClNO2S/c1-3-11(14)8-17(15,16)7-10-5-4-9(2)6-12(10)13/h4-6,11H,3,7-8,14H2,1-2H3. The summed E-state index contributed by atoms with van der Waals surface area (Å²) in [5, 5.41) is 0.499. The molecule has 1 unspecified atom stereocenters. The Balaban J connectivity index is 2.83. The number of nitrogens with two attached hydrogens (primary N) is 1. The third-order valence-electron chi connectivity index (χ3n) is 2.58. The highest BCUT2D eigenvalue weighted by molar-refractivity contribution is 7.90. The summed E-state index contributed by atoms with van der Waals surface area (Å²) in [5.74, 6) is -0.0342. The molecule has 0 radical (unpaired) electrons. The van der Waals surface area contributed by atoms with Crippen LogP contribution in [0.5, 0.6) is 0 Å². The van der Waals surface area contributed by atoms with Gasteiger partial charge in [-0.2, -0.15) is 0 Å². The van der Waals surface area contributed by atoms with Gasteiger partial charge >= 0.3 is 0 Å². The number of halogens is 1. The quantitative estimate of drug-likeness (QED) is 0.897. The Morgan fingerprint density at radius 1 is 1.41 bits per heavy atom. The Labute approximate surface area is 108 Å². The minimum atomic E-state index is -3.19. The molecule has 0 aliphatic carbocycles. The Morgan fingerprint density at radius 2 is 2.06 bits per heavy atom. The zero-order valence-corrected chi connectivity index (χ0v) is 11.7. The van der Waals surface area contributed by atoms with Gasteiger partial charge in [0, 0.05) is 11.1 Å². The maximum atomic E-state index is 11.9. The van der Waals surface area contributed by atoms with Crippen molar-refractivity contribution in [3.05, 3.63) is 34.3 Å². The van der Waals surface area contributed by atoms with Gasteiger partial charge in [-0.05, 0) is 30.5 Å². The second-order valence-electron chi connectivity index (χ2n) is 4.32. The van der Waals surface area contributed by atoms with E-state index in [2.05, 4.69) is 0 Å². The first-order chi connectivity index (χ1) is 7.84. The molecule has 3 nitrogen and oxygen atoms in total. The van der Waals surface area contributed by atoms with Crippen molar-refractivity contribution in [3.63, 3.8) is 0 Å². The first-order valence-electron chi connectivity index (χ1n) is 5.55. The molecule has 1 aromatic carbocycles. The average molecular weight is 276 g/mol. The van der Waals surface area contributed by atoms with Crippen molar-refractivity contribution in [2.45, 2.75) is 32.1 Å². The van der Waals surface area contributed by atoms with Crippen molar-refractivity contribution < 1.29 is 8.42 Å². The van der Waals surface area contributed by atoms with Crippen LogP contribution in [0.2, 0.25) is 5.02 Å². The highest BCUT2D eigenvalue weighted by Crippen LogP contribution is 2.20. The second kappa shape index (κ2) is 5.85. The van der Waals surface area contributed by atoms with Crippen molar-refractivity contribution >= 4 is 21.4 Å². The molecule has 2 N–H and O–H groups in total. The minimum Gasteiger partial charge on any atom is -0.327 e. The molecule has 0 aromatic heterocycles. The van der Waals surface area contributed by atoms with Gasteiger partial charge < -0.3 is 5.73 Å². The first kappa shape index (κ1) is 14.5. The molecule has 0 aliphatic heterocycles. The molecule has 1 atom stereocenters. The number of aryl methyl sites for hydroxylation is 1. The first-order valence-corrected chi connectivity index (χ1v) is 7.75. The van der Waals surface area contributed by atoms with E-state index in [-0.39, 0.29) is 17.5 Å². The van der Waals surface area contributed by atoms with Crippen molar-refractivity contribution in [3.8, 4) is 0 Å². The Bertz CT molecular complexity index is 485. The van der Waals surface area contributed by atoms with Gasteiger partial charge in [0.2, 0.25) is 0 Å². The normalized spacial score (nSPS) is 13.6. The van der Waals surface area contributed by atoms with E-state index in [1.807, 2.05) is 19.9 Å². The molecule has 0 amide bonds. The summed E-state index contributed by atoms with van der Waals surface area (Å²) in [5.41, 5.74) is 7.32.